The van der Waals surface area contributed by atoms with Gasteiger partial charge < -0.3 is 20.2 Å². The maximum atomic E-state index is 14.4. The zero-order chi connectivity index (χ0) is 20.0. The summed E-state index contributed by atoms with van der Waals surface area (Å²) >= 11 is 0. The van der Waals surface area contributed by atoms with Crippen molar-refractivity contribution in [2.75, 3.05) is 13.1 Å². The van der Waals surface area contributed by atoms with Crippen molar-refractivity contribution < 1.29 is 14.0 Å². The van der Waals surface area contributed by atoms with E-state index in [9.17, 15) is 14.0 Å². The van der Waals surface area contributed by atoms with E-state index in [0.717, 1.165) is 0 Å². The molecule has 0 bridgehead atoms. The van der Waals surface area contributed by atoms with E-state index in [1.165, 1.54) is 18.6 Å². The number of H-pyrrole nitrogens is 2. The lowest BCUT2D eigenvalue weighted by molar-refractivity contribution is 0.0780. The highest BCUT2D eigenvalue weighted by Gasteiger charge is 2.30. The fraction of sp³-hybridized carbons (Fsp3) is 0.200. The Labute approximate surface area is 164 Å². The van der Waals surface area contributed by atoms with Crippen LogP contribution in [0.4, 0.5) is 4.39 Å². The van der Waals surface area contributed by atoms with Gasteiger partial charge in [0.2, 0.25) is 0 Å². The molecule has 29 heavy (non-hydrogen) atoms. The van der Waals surface area contributed by atoms with E-state index in [0.29, 0.717) is 47.1 Å². The normalized spacial score (nSPS) is 16.6. The van der Waals surface area contributed by atoms with Crippen LogP contribution in [0.25, 0.3) is 22.1 Å². The highest BCUT2D eigenvalue weighted by molar-refractivity contribution is 6.06. The molecule has 0 aliphatic carbocycles. The quantitative estimate of drug-likeness (QED) is 0.497. The number of hydrogen-bond donors (Lipinski definition) is 3. The number of amides is 2. The second-order valence-electron chi connectivity index (χ2n) is 7.07. The Balaban J connectivity index is 1.30. The van der Waals surface area contributed by atoms with Gasteiger partial charge >= 0.3 is 0 Å². The SMILES string of the molecule is O=C(N[C@H]1CCN(C(=O)c2c(F)ccc3[nH]ccc23)C1)c1cnc2nc[nH]c2c1. The molecule has 5 rings (SSSR count). The molecule has 0 radical (unpaired) electrons. The second-order valence-corrected chi connectivity index (χ2v) is 7.07. The molecule has 3 N–H and O–H groups in total. The number of rotatable bonds is 3. The Bertz CT molecular complexity index is 1250. The molecule has 9 heteroatoms. The van der Waals surface area contributed by atoms with Gasteiger partial charge in [0.25, 0.3) is 11.8 Å². The van der Waals surface area contributed by atoms with Crippen LogP contribution in [0.5, 0.6) is 0 Å². The molecular weight excluding hydrogens is 375 g/mol. The first kappa shape index (κ1) is 17.4. The predicted molar refractivity (Wildman–Crippen MR) is 104 cm³/mol. The third-order valence-corrected chi connectivity index (χ3v) is 5.24. The Morgan fingerprint density at radius 1 is 1.17 bits per heavy atom. The van der Waals surface area contributed by atoms with Crippen LogP contribution in [-0.4, -0.2) is 55.8 Å². The number of fused-ring (bicyclic) bond motifs is 2. The number of nitrogens with one attached hydrogen (secondary N) is 3. The van der Waals surface area contributed by atoms with E-state index in [-0.39, 0.29) is 23.4 Å². The van der Waals surface area contributed by atoms with Gasteiger partial charge in [-0.05, 0) is 30.7 Å². The number of nitrogens with zero attached hydrogens (tertiary/aromatic N) is 3. The third-order valence-electron chi connectivity index (χ3n) is 5.24. The number of pyridine rings is 1. The van der Waals surface area contributed by atoms with Gasteiger partial charge in [0, 0.05) is 42.4 Å². The van der Waals surface area contributed by atoms with E-state index in [1.807, 2.05) is 0 Å². The highest BCUT2D eigenvalue weighted by Crippen LogP contribution is 2.24. The van der Waals surface area contributed by atoms with Crippen molar-refractivity contribution in [2.24, 2.45) is 0 Å². The number of aromatic amines is 2. The second kappa shape index (κ2) is 6.69. The molecule has 8 nitrogen and oxygen atoms in total. The van der Waals surface area contributed by atoms with E-state index in [2.05, 4.69) is 25.3 Å². The molecule has 1 aromatic carbocycles. The largest absolute Gasteiger partial charge is 0.361 e. The lowest BCUT2D eigenvalue weighted by Crippen LogP contribution is -2.38. The summed E-state index contributed by atoms with van der Waals surface area (Å²) in [5, 5.41) is 3.48. The Hall–Kier alpha value is -3.75. The van der Waals surface area contributed by atoms with Crippen molar-refractivity contribution in [3.8, 4) is 0 Å². The number of aromatic nitrogens is 4. The predicted octanol–water partition coefficient (Wildman–Crippen LogP) is 2.22. The number of imidazole rings is 1. The van der Waals surface area contributed by atoms with Crippen molar-refractivity contribution in [2.45, 2.75) is 12.5 Å². The molecule has 0 spiro atoms. The number of hydrogen-bond acceptors (Lipinski definition) is 4. The first-order valence-corrected chi connectivity index (χ1v) is 9.25. The van der Waals surface area contributed by atoms with E-state index in [4.69, 9.17) is 0 Å². The van der Waals surface area contributed by atoms with Gasteiger partial charge in [0.05, 0.1) is 23.0 Å². The maximum Gasteiger partial charge on any atom is 0.257 e. The minimum Gasteiger partial charge on any atom is -0.361 e. The lowest BCUT2D eigenvalue weighted by Gasteiger charge is -2.18. The van der Waals surface area contributed by atoms with Gasteiger partial charge in [-0.2, -0.15) is 0 Å². The van der Waals surface area contributed by atoms with E-state index in [1.54, 1.807) is 29.3 Å². The summed E-state index contributed by atoms with van der Waals surface area (Å²) in [6.45, 7) is 0.770. The van der Waals surface area contributed by atoms with Crippen LogP contribution in [0.15, 0.2) is 43.0 Å². The molecule has 0 saturated carbocycles. The fourth-order valence-electron chi connectivity index (χ4n) is 3.77. The van der Waals surface area contributed by atoms with Crippen LogP contribution in [0, 0.1) is 5.82 Å². The van der Waals surface area contributed by atoms with Gasteiger partial charge in [-0.1, -0.05) is 0 Å². The van der Waals surface area contributed by atoms with Crippen molar-refractivity contribution >= 4 is 33.9 Å². The molecule has 1 aliphatic rings. The zero-order valence-corrected chi connectivity index (χ0v) is 15.3. The highest BCUT2D eigenvalue weighted by atomic mass is 19.1. The summed E-state index contributed by atoms with van der Waals surface area (Å²) in [6.07, 6.45) is 5.27. The molecule has 1 atom stereocenters. The lowest BCUT2D eigenvalue weighted by atomic mass is 10.1. The fourth-order valence-corrected chi connectivity index (χ4v) is 3.77. The Morgan fingerprint density at radius 3 is 2.97 bits per heavy atom. The molecule has 2 amide bonds. The van der Waals surface area contributed by atoms with Gasteiger partial charge in [0.15, 0.2) is 5.65 Å². The minimum atomic E-state index is -0.548. The maximum absolute atomic E-state index is 14.4. The van der Waals surface area contributed by atoms with Crippen LogP contribution in [0.2, 0.25) is 0 Å². The number of benzene rings is 1. The molecule has 4 heterocycles. The van der Waals surface area contributed by atoms with Gasteiger partial charge in [-0.15, -0.1) is 0 Å². The first-order chi connectivity index (χ1) is 14.1. The molecule has 0 unspecified atom stereocenters. The van der Waals surface area contributed by atoms with Crippen LogP contribution in [0.1, 0.15) is 27.1 Å². The molecule has 1 aliphatic heterocycles. The summed E-state index contributed by atoms with van der Waals surface area (Å²) in [5.41, 5.74) is 2.40. The summed E-state index contributed by atoms with van der Waals surface area (Å²) in [6, 6.07) is 6.07. The standard InChI is InChI=1S/C20H17FN6O2/c21-14-1-2-15-13(3-5-22-15)17(14)20(29)27-6-4-12(9-27)26-19(28)11-7-16-18(23-8-11)25-10-24-16/h1-3,5,7-8,10,12,22H,4,6,9H2,(H,26,28)(H,23,24,25)/t12-/m0/s1. The molecule has 1 fully saturated rings. The molecule has 1 saturated heterocycles. The summed E-state index contributed by atoms with van der Waals surface area (Å²) < 4.78 is 14.4. The van der Waals surface area contributed by atoms with Crippen LogP contribution >= 0.6 is 0 Å². The van der Waals surface area contributed by atoms with Crippen molar-refractivity contribution in [1.29, 1.82) is 0 Å². The van der Waals surface area contributed by atoms with Crippen LogP contribution in [0.3, 0.4) is 0 Å². The van der Waals surface area contributed by atoms with Crippen LogP contribution < -0.4 is 5.32 Å². The topological polar surface area (TPSA) is 107 Å². The summed E-state index contributed by atoms with van der Waals surface area (Å²) in [5.74, 6) is -1.19. The molecule has 4 aromatic rings. The van der Waals surface area contributed by atoms with Gasteiger partial charge in [-0.25, -0.2) is 14.4 Å². The average molecular weight is 392 g/mol. The minimum absolute atomic E-state index is 0.0598. The number of carbonyl (C=O) groups excluding carboxylic acids is 2. The monoisotopic (exact) mass is 392 g/mol. The van der Waals surface area contributed by atoms with Gasteiger partial charge in [-0.3, -0.25) is 9.59 Å². The Kier molecular flexibility index (Phi) is 4.01. The summed E-state index contributed by atoms with van der Waals surface area (Å²) in [7, 11) is 0. The van der Waals surface area contributed by atoms with Crippen molar-refractivity contribution in [3.63, 3.8) is 0 Å². The van der Waals surface area contributed by atoms with Crippen molar-refractivity contribution in [1.82, 2.24) is 30.2 Å². The van der Waals surface area contributed by atoms with E-state index < -0.39 is 5.82 Å². The average Bonchev–Trinajstić information content (AvgIpc) is 3.46. The zero-order valence-electron chi connectivity index (χ0n) is 15.3. The van der Waals surface area contributed by atoms with Gasteiger partial charge in [0.1, 0.15) is 5.82 Å². The third kappa shape index (κ3) is 3.00. The first-order valence-electron chi connectivity index (χ1n) is 9.25. The van der Waals surface area contributed by atoms with Crippen LogP contribution in [-0.2, 0) is 0 Å². The van der Waals surface area contributed by atoms with E-state index >= 15 is 0 Å². The number of halogens is 1. The smallest absolute Gasteiger partial charge is 0.257 e. The Morgan fingerprint density at radius 2 is 2.07 bits per heavy atom. The number of likely N-dealkylation sites (tertiary alicyclic amines) is 1. The molecule has 3 aromatic heterocycles. The molecule has 146 valence electrons. The molecular formula is C20H17FN6O2. The summed E-state index contributed by atoms with van der Waals surface area (Å²) in [4.78, 5) is 41.1. The number of carbonyl (C=O) groups is 2. The van der Waals surface area contributed by atoms with Crippen molar-refractivity contribution in [3.05, 3.63) is 59.9 Å².